The van der Waals surface area contributed by atoms with Crippen molar-refractivity contribution in [3.8, 4) is 5.75 Å². The van der Waals surface area contributed by atoms with Gasteiger partial charge in [-0.15, -0.1) is 0 Å². The molecule has 2 aromatic heterocycles. The van der Waals surface area contributed by atoms with Gasteiger partial charge in [-0.3, -0.25) is 4.79 Å². The van der Waals surface area contributed by atoms with Crippen LogP contribution < -0.4 is 4.74 Å². The van der Waals surface area contributed by atoms with Crippen LogP contribution >= 0.6 is 11.6 Å². The molecular formula is C21H20ClFN4O4. The lowest BCUT2D eigenvalue weighted by atomic mass is 10.1. The highest BCUT2D eigenvalue weighted by atomic mass is 35.5. The summed E-state index contributed by atoms with van der Waals surface area (Å²) in [5, 5.41) is 15.1. The first-order valence-electron chi connectivity index (χ1n) is 9.88. The molecule has 0 aliphatic carbocycles. The highest BCUT2D eigenvalue weighted by Crippen LogP contribution is 2.32. The second kappa shape index (κ2) is 7.44. The van der Waals surface area contributed by atoms with Gasteiger partial charge in [0.2, 0.25) is 0 Å². The van der Waals surface area contributed by atoms with Crippen LogP contribution in [-0.4, -0.2) is 55.9 Å². The fraction of sp³-hybridized carbons (Fsp3) is 0.381. The number of ether oxygens (including phenoxy) is 2. The average molecular weight is 447 g/mol. The normalized spacial score (nSPS) is 20.5. The maximum atomic E-state index is 13.9. The minimum Gasteiger partial charge on any atom is -0.484 e. The second-order valence-corrected chi connectivity index (χ2v) is 8.20. The Bertz CT molecular complexity index is 1210. The van der Waals surface area contributed by atoms with Gasteiger partial charge in [0.15, 0.2) is 5.65 Å². The van der Waals surface area contributed by atoms with Gasteiger partial charge in [-0.25, -0.2) is 13.9 Å². The van der Waals surface area contributed by atoms with E-state index in [1.54, 1.807) is 9.42 Å². The van der Waals surface area contributed by atoms with Crippen molar-refractivity contribution in [3.05, 3.63) is 57.2 Å². The Kier molecular flexibility index (Phi) is 4.84. The fourth-order valence-corrected chi connectivity index (χ4v) is 4.12. The number of aliphatic hydroxyl groups excluding tert-OH is 1. The molecule has 2 atom stereocenters. The molecule has 0 spiro atoms. The van der Waals surface area contributed by atoms with Crippen molar-refractivity contribution in [2.24, 2.45) is 0 Å². The number of halogens is 2. The quantitative estimate of drug-likeness (QED) is 0.664. The Morgan fingerprint density at radius 2 is 2.13 bits per heavy atom. The molecule has 2 aliphatic heterocycles. The number of fused-ring (bicyclic) bond motifs is 3. The molecule has 1 aromatic carbocycles. The monoisotopic (exact) mass is 446 g/mol. The highest BCUT2D eigenvalue weighted by molar-refractivity contribution is 6.31. The summed E-state index contributed by atoms with van der Waals surface area (Å²) in [6.07, 6.45) is -1.49. The van der Waals surface area contributed by atoms with E-state index >= 15 is 0 Å². The van der Waals surface area contributed by atoms with E-state index in [1.807, 2.05) is 13.8 Å². The number of aryl methyl sites for hydroxylation is 2. The largest absolute Gasteiger partial charge is 0.484 e. The number of hydrogen-bond donors (Lipinski definition) is 1. The van der Waals surface area contributed by atoms with Crippen molar-refractivity contribution >= 4 is 23.2 Å². The third kappa shape index (κ3) is 3.33. The zero-order chi connectivity index (χ0) is 21.9. The van der Waals surface area contributed by atoms with Crippen LogP contribution in [0.4, 0.5) is 4.39 Å². The summed E-state index contributed by atoms with van der Waals surface area (Å²) in [6, 6.07) is 3.76. The van der Waals surface area contributed by atoms with Crippen LogP contribution in [0.2, 0.25) is 5.02 Å². The maximum Gasteiger partial charge on any atom is 0.258 e. The molecule has 1 amide bonds. The summed E-state index contributed by atoms with van der Waals surface area (Å²) < 4.78 is 26.5. The van der Waals surface area contributed by atoms with Gasteiger partial charge in [0.05, 0.1) is 54.0 Å². The molecule has 3 aromatic rings. The van der Waals surface area contributed by atoms with E-state index in [2.05, 4.69) is 10.1 Å². The summed E-state index contributed by atoms with van der Waals surface area (Å²) in [5.41, 5.74) is 3.99. The molecular weight excluding hydrogens is 427 g/mol. The molecule has 0 unspecified atom stereocenters. The number of aliphatic hydroxyl groups is 1. The van der Waals surface area contributed by atoms with E-state index in [9.17, 15) is 14.3 Å². The van der Waals surface area contributed by atoms with E-state index in [4.69, 9.17) is 21.1 Å². The zero-order valence-corrected chi connectivity index (χ0v) is 17.7. The molecule has 10 heteroatoms. The summed E-state index contributed by atoms with van der Waals surface area (Å²) in [6.45, 7) is 4.62. The Hall–Kier alpha value is -2.75. The number of benzene rings is 1. The zero-order valence-electron chi connectivity index (χ0n) is 16.9. The van der Waals surface area contributed by atoms with Gasteiger partial charge in [-0.05, 0) is 26.0 Å². The number of carbonyl (C=O) groups excluding carboxylic acids is 1. The van der Waals surface area contributed by atoms with Crippen molar-refractivity contribution in [1.29, 1.82) is 0 Å². The van der Waals surface area contributed by atoms with Crippen LogP contribution in [0, 0.1) is 19.7 Å². The minimum absolute atomic E-state index is 0.0786. The van der Waals surface area contributed by atoms with Crippen molar-refractivity contribution < 1.29 is 23.8 Å². The van der Waals surface area contributed by atoms with Gasteiger partial charge in [0.1, 0.15) is 23.8 Å². The molecule has 2 aliphatic rings. The minimum atomic E-state index is -0.833. The third-order valence-electron chi connectivity index (χ3n) is 5.70. The van der Waals surface area contributed by atoms with E-state index in [0.717, 1.165) is 23.0 Å². The van der Waals surface area contributed by atoms with Crippen molar-refractivity contribution in [1.82, 2.24) is 19.5 Å². The van der Waals surface area contributed by atoms with Crippen LogP contribution in [0.25, 0.3) is 5.65 Å². The van der Waals surface area contributed by atoms with Crippen LogP contribution in [0.3, 0.4) is 0 Å². The lowest BCUT2D eigenvalue weighted by Crippen LogP contribution is -2.32. The van der Waals surface area contributed by atoms with Crippen molar-refractivity contribution in [2.75, 3.05) is 13.2 Å². The first-order valence-corrected chi connectivity index (χ1v) is 10.3. The Labute approximate surface area is 182 Å². The van der Waals surface area contributed by atoms with Crippen molar-refractivity contribution in [3.63, 3.8) is 0 Å². The van der Waals surface area contributed by atoms with Gasteiger partial charge in [0, 0.05) is 11.6 Å². The molecule has 8 nitrogen and oxygen atoms in total. The number of rotatable bonds is 3. The Balaban J connectivity index is 1.44. The first kappa shape index (κ1) is 20.2. The summed E-state index contributed by atoms with van der Waals surface area (Å²) in [4.78, 5) is 19.4. The predicted octanol–water partition coefficient (Wildman–Crippen LogP) is 2.43. The van der Waals surface area contributed by atoms with E-state index in [-0.39, 0.29) is 30.4 Å². The first-order chi connectivity index (χ1) is 14.8. The van der Waals surface area contributed by atoms with E-state index in [0.29, 0.717) is 29.5 Å². The molecule has 5 rings (SSSR count). The fourth-order valence-electron chi connectivity index (χ4n) is 4.00. The lowest BCUT2D eigenvalue weighted by Gasteiger charge is -2.21. The van der Waals surface area contributed by atoms with Crippen LogP contribution in [0.5, 0.6) is 5.75 Å². The maximum absolute atomic E-state index is 13.9. The van der Waals surface area contributed by atoms with E-state index in [1.165, 1.54) is 12.1 Å². The molecule has 4 heterocycles. The van der Waals surface area contributed by atoms with Crippen molar-refractivity contribution in [2.45, 2.75) is 39.1 Å². The molecule has 0 bridgehead atoms. The van der Waals surface area contributed by atoms with Crippen LogP contribution in [0.15, 0.2) is 18.2 Å². The van der Waals surface area contributed by atoms with E-state index < -0.39 is 18.0 Å². The molecule has 1 saturated heterocycles. The Morgan fingerprint density at radius 3 is 2.87 bits per heavy atom. The molecule has 0 radical (unpaired) electrons. The number of hydrogen-bond acceptors (Lipinski definition) is 6. The lowest BCUT2D eigenvalue weighted by molar-refractivity contribution is 0.0665. The molecule has 162 valence electrons. The SMILES string of the molecule is Cc1nc2c3c(nn2c(C)c1Cl)CN(C(=O)c1ccc(F)cc1O[C@H]1COC[C@@H]1O)C3. The number of carbonyl (C=O) groups is 1. The van der Waals surface area contributed by atoms with Gasteiger partial charge in [-0.1, -0.05) is 11.6 Å². The van der Waals surface area contributed by atoms with Gasteiger partial charge in [-0.2, -0.15) is 5.10 Å². The van der Waals surface area contributed by atoms with Gasteiger partial charge < -0.3 is 19.5 Å². The summed E-state index contributed by atoms with van der Waals surface area (Å²) in [7, 11) is 0. The van der Waals surface area contributed by atoms with Gasteiger partial charge in [0.25, 0.3) is 5.91 Å². The second-order valence-electron chi connectivity index (χ2n) is 7.82. The summed E-state index contributed by atoms with van der Waals surface area (Å²) >= 11 is 6.29. The smallest absolute Gasteiger partial charge is 0.258 e. The topological polar surface area (TPSA) is 89.2 Å². The number of nitrogens with zero attached hydrogens (tertiary/aromatic N) is 4. The average Bonchev–Trinajstić information content (AvgIpc) is 3.42. The summed E-state index contributed by atoms with van der Waals surface area (Å²) in [5.74, 6) is -0.772. The predicted molar refractivity (Wildman–Crippen MR) is 109 cm³/mol. The number of amides is 1. The van der Waals surface area contributed by atoms with Crippen LogP contribution in [0.1, 0.15) is 33.0 Å². The third-order valence-corrected chi connectivity index (χ3v) is 6.24. The van der Waals surface area contributed by atoms with Gasteiger partial charge >= 0.3 is 0 Å². The molecule has 31 heavy (non-hydrogen) atoms. The molecule has 1 N–H and O–H groups in total. The molecule has 1 fully saturated rings. The molecule has 0 saturated carbocycles. The standard InChI is InChI=1S/C21H20ClFN4O4/c1-10-19(22)11(2)27-20(24-10)14-6-26(7-15(14)25-27)21(29)13-4-3-12(23)5-17(13)31-18-9-30-8-16(18)28/h3-5,16,18,28H,6-9H2,1-2H3/t16-,18-/m0/s1. The number of aromatic nitrogens is 3. The van der Waals surface area contributed by atoms with Crippen LogP contribution in [-0.2, 0) is 17.8 Å². The highest BCUT2D eigenvalue weighted by Gasteiger charge is 2.33. The Morgan fingerprint density at radius 1 is 1.32 bits per heavy atom.